The summed E-state index contributed by atoms with van der Waals surface area (Å²) in [5, 5.41) is 11.9. The molecule has 2 aromatic rings. The molecule has 0 aliphatic heterocycles. The van der Waals surface area contributed by atoms with Crippen LogP contribution in [-0.4, -0.2) is 22.0 Å². The van der Waals surface area contributed by atoms with E-state index in [1.54, 1.807) is 44.2 Å². The molecule has 5 heteroatoms. The average Bonchev–Trinajstić information content (AvgIpc) is 2.37. The lowest BCUT2D eigenvalue weighted by molar-refractivity contribution is 0.0697. The van der Waals surface area contributed by atoms with Gasteiger partial charge in [0.15, 0.2) is 0 Å². The molecule has 1 heterocycles. The molecule has 0 saturated heterocycles. The van der Waals surface area contributed by atoms with Crippen LogP contribution in [0.25, 0.3) is 0 Å². The molecule has 5 nitrogen and oxygen atoms in total. The molecule has 0 saturated carbocycles. The number of aromatic carboxylic acids is 1. The highest BCUT2D eigenvalue weighted by molar-refractivity contribution is 6.08. The molecule has 0 bridgehead atoms. The van der Waals surface area contributed by atoms with Crippen LogP contribution in [-0.2, 0) is 0 Å². The second-order valence-electron chi connectivity index (χ2n) is 4.84. The van der Waals surface area contributed by atoms with Crippen LogP contribution in [0.4, 0.5) is 5.69 Å². The molecule has 1 aromatic carbocycles. The Morgan fingerprint density at radius 1 is 1.10 bits per heavy atom. The van der Waals surface area contributed by atoms with Crippen molar-refractivity contribution in [2.45, 2.75) is 20.8 Å². The third kappa shape index (κ3) is 3.08. The fourth-order valence-corrected chi connectivity index (χ4v) is 2.17. The lowest BCUT2D eigenvalue weighted by Crippen LogP contribution is -2.17. The Kier molecular flexibility index (Phi) is 4.03. The van der Waals surface area contributed by atoms with Crippen molar-refractivity contribution in [2.24, 2.45) is 0 Å². The van der Waals surface area contributed by atoms with Crippen LogP contribution in [0.1, 0.15) is 37.7 Å². The van der Waals surface area contributed by atoms with Crippen LogP contribution >= 0.6 is 0 Å². The maximum absolute atomic E-state index is 12.3. The molecule has 0 spiro atoms. The van der Waals surface area contributed by atoms with Gasteiger partial charge in [-0.15, -0.1) is 0 Å². The van der Waals surface area contributed by atoms with Crippen molar-refractivity contribution in [3.8, 4) is 0 Å². The number of anilines is 1. The van der Waals surface area contributed by atoms with Crippen molar-refractivity contribution >= 4 is 17.6 Å². The van der Waals surface area contributed by atoms with E-state index in [1.807, 2.05) is 6.92 Å². The lowest BCUT2D eigenvalue weighted by Gasteiger charge is -2.11. The molecule has 2 N–H and O–H groups in total. The monoisotopic (exact) mass is 284 g/mol. The van der Waals surface area contributed by atoms with E-state index >= 15 is 0 Å². The number of carbonyl (C=O) groups excluding carboxylic acids is 1. The van der Waals surface area contributed by atoms with Crippen LogP contribution in [0, 0.1) is 20.8 Å². The molecular formula is C16H16N2O3. The number of carboxylic acid groups (broad SMARTS) is 1. The minimum Gasteiger partial charge on any atom is -0.478 e. The molecule has 0 radical (unpaired) electrons. The maximum atomic E-state index is 12.3. The molecule has 0 aliphatic rings. The first kappa shape index (κ1) is 14.7. The Labute approximate surface area is 122 Å². The van der Waals surface area contributed by atoms with E-state index in [9.17, 15) is 14.7 Å². The van der Waals surface area contributed by atoms with Gasteiger partial charge in [0.05, 0.1) is 22.5 Å². The van der Waals surface area contributed by atoms with Gasteiger partial charge < -0.3 is 10.4 Å². The van der Waals surface area contributed by atoms with Crippen molar-refractivity contribution in [3.63, 3.8) is 0 Å². The standard InChI is InChI=1S/C16H16N2O3/c1-9-5-4-6-13(14(9)16(20)21)18-15(19)12-8-7-10(2)17-11(12)3/h4-8H,1-3H3,(H,18,19)(H,20,21). The number of pyridine rings is 1. The molecule has 108 valence electrons. The molecule has 0 fully saturated rings. The van der Waals surface area contributed by atoms with Gasteiger partial charge >= 0.3 is 5.97 Å². The molecule has 2 rings (SSSR count). The minimum atomic E-state index is -1.07. The van der Waals surface area contributed by atoms with Crippen molar-refractivity contribution in [1.29, 1.82) is 0 Å². The topological polar surface area (TPSA) is 79.3 Å². The summed E-state index contributed by atoms with van der Waals surface area (Å²) in [5.74, 6) is -1.43. The summed E-state index contributed by atoms with van der Waals surface area (Å²) < 4.78 is 0. The number of aryl methyl sites for hydroxylation is 3. The number of benzene rings is 1. The molecule has 0 aliphatic carbocycles. The number of hydrogen-bond acceptors (Lipinski definition) is 3. The van der Waals surface area contributed by atoms with E-state index in [0.29, 0.717) is 16.8 Å². The Morgan fingerprint density at radius 2 is 1.81 bits per heavy atom. The van der Waals surface area contributed by atoms with Gasteiger partial charge in [-0.05, 0) is 44.5 Å². The van der Waals surface area contributed by atoms with Gasteiger partial charge in [0.1, 0.15) is 0 Å². The molecule has 0 atom stereocenters. The minimum absolute atomic E-state index is 0.101. The first-order chi connectivity index (χ1) is 9.90. The molecule has 1 amide bonds. The molecule has 0 unspecified atom stereocenters. The van der Waals surface area contributed by atoms with E-state index < -0.39 is 5.97 Å². The summed E-state index contributed by atoms with van der Waals surface area (Å²) in [7, 11) is 0. The van der Waals surface area contributed by atoms with Gasteiger partial charge in [-0.2, -0.15) is 0 Å². The average molecular weight is 284 g/mol. The number of carbonyl (C=O) groups is 2. The van der Waals surface area contributed by atoms with Crippen molar-refractivity contribution in [2.75, 3.05) is 5.32 Å². The zero-order valence-corrected chi connectivity index (χ0v) is 12.1. The van der Waals surface area contributed by atoms with E-state index in [0.717, 1.165) is 5.69 Å². The zero-order valence-electron chi connectivity index (χ0n) is 12.1. The van der Waals surface area contributed by atoms with Gasteiger partial charge in [-0.3, -0.25) is 9.78 Å². The molecule has 1 aromatic heterocycles. The van der Waals surface area contributed by atoms with Gasteiger partial charge in [0.25, 0.3) is 5.91 Å². The second kappa shape index (κ2) is 5.75. The van der Waals surface area contributed by atoms with Gasteiger partial charge in [-0.25, -0.2) is 4.79 Å². The predicted octanol–water partition coefficient (Wildman–Crippen LogP) is 2.96. The fourth-order valence-electron chi connectivity index (χ4n) is 2.17. The van der Waals surface area contributed by atoms with Crippen LogP contribution in [0.5, 0.6) is 0 Å². The summed E-state index contributed by atoms with van der Waals surface area (Å²) in [4.78, 5) is 27.8. The molecule has 21 heavy (non-hydrogen) atoms. The predicted molar refractivity (Wildman–Crippen MR) is 79.8 cm³/mol. The number of carboxylic acids is 1. The third-order valence-electron chi connectivity index (χ3n) is 3.20. The number of aromatic nitrogens is 1. The zero-order chi connectivity index (χ0) is 15.6. The van der Waals surface area contributed by atoms with Crippen LogP contribution in [0.3, 0.4) is 0 Å². The number of rotatable bonds is 3. The highest BCUT2D eigenvalue weighted by Gasteiger charge is 2.17. The lowest BCUT2D eigenvalue weighted by atomic mass is 10.1. The third-order valence-corrected chi connectivity index (χ3v) is 3.20. The van der Waals surface area contributed by atoms with Crippen LogP contribution in [0.15, 0.2) is 30.3 Å². The number of nitrogens with zero attached hydrogens (tertiary/aromatic N) is 1. The van der Waals surface area contributed by atoms with E-state index in [-0.39, 0.29) is 17.2 Å². The number of nitrogens with one attached hydrogen (secondary N) is 1. The Hall–Kier alpha value is -2.69. The van der Waals surface area contributed by atoms with Crippen molar-refractivity contribution in [1.82, 2.24) is 4.98 Å². The van der Waals surface area contributed by atoms with E-state index in [4.69, 9.17) is 0 Å². The summed E-state index contributed by atoms with van der Waals surface area (Å²) in [6.45, 7) is 5.28. The molecular weight excluding hydrogens is 268 g/mol. The summed E-state index contributed by atoms with van der Waals surface area (Å²) >= 11 is 0. The van der Waals surface area contributed by atoms with Crippen molar-refractivity contribution < 1.29 is 14.7 Å². The number of amides is 1. The largest absolute Gasteiger partial charge is 0.478 e. The van der Waals surface area contributed by atoms with Gasteiger partial charge in [0, 0.05) is 5.69 Å². The maximum Gasteiger partial charge on any atom is 0.338 e. The Balaban J connectivity index is 2.36. The quantitative estimate of drug-likeness (QED) is 0.908. The van der Waals surface area contributed by atoms with Crippen molar-refractivity contribution in [3.05, 3.63) is 58.4 Å². The highest BCUT2D eigenvalue weighted by Crippen LogP contribution is 2.20. The smallest absolute Gasteiger partial charge is 0.338 e. The summed E-state index contributed by atoms with van der Waals surface area (Å²) in [5.41, 5.74) is 2.84. The second-order valence-corrected chi connectivity index (χ2v) is 4.84. The van der Waals surface area contributed by atoms with Gasteiger partial charge in [-0.1, -0.05) is 12.1 Å². The van der Waals surface area contributed by atoms with Gasteiger partial charge in [0.2, 0.25) is 0 Å². The fraction of sp³-hybridized carbons (Fsp3) is 0.188. The van der Waals surface area contributed by atoms with Crippen LogP contribution in [0.2, 0.25) is 0 Å². The first-order valence-electron chi connectivity index (χ1n) is 6.48. The Morgan fingerprint density at radius 3 is 2.43 bits per heavy atom. The highest BCUT2D eigenvalue weighted by atomic mass is 16.4. The first-order valence-corrected chi connectivity index (χ1v) is 6.48. The number of hydrogen-bond donors (Lipinski definition) is 2. The summed E-state index contributed by atoms with van der Waals surface area (Å²) in [6.07, 6.45) is 0. The van der Waals surface area contributed by atoms with Crippen LogP contribution < -0.4 is 5.32 Å². The van der Waals surface area contributed by atoms with E-state index in [2.05, 4.69) is 10.3 Å². The SMILES string of the molecule is Cc1ccc(C(=O)Nc2cccc(C)c2C(=O)O)c(C)n1. The summed E-state index contributed by atoms with van der Waals surface area (Å²) in [6, 6.07) is 8.40. The Bertz CT molecular complexity index is 723. The normalized spacial score (nSPS) is 10.2. The van der Waals surface area contributed by atoms with E-state index in [1.165, 1.54) is 0 Å².